The Morgan fingerprint density at radius 2 is 1.81 bits per heavy atom. The number of aryl methyl sites for hydroxylation is 1. The zero-order valence-corrected chi connectivity index (χ0v) is 12.6. The molecule has 4 nitrogen and oxygen atoms in total. The molecule has 0 heterocycles. The van der Waals surface area contributed by atoms with Gasteiger partial charge >= 0.3 is 0 Å². The van der Waals surface area contributed by atoms with E-state index >= 15 is 0 Å². The van der Waals surface area contributed by atoms with Crippen LogP contribution < -0.4 is 4.74 Å². The van der Waals surface area contributed by atoms with Crippen LogP contribution in [0.1, 0.15) is 16.7 Å². The molecule has 2 aromatic rings. The van der Waals surface area contributed by atoms with Gasteiger partial charge in [-0.25, -0.2) is 8.42 Å². The number of nitrogens with zero attached hydrogens (tertiary/aromatic N) is 1. The van der Waals surface area contributed by atoms with Crippen molar-refractivity contribution in [2.24, 2.45) is 0 Å². The zero-order valence-electron chi connectivity index (χ0n) is 11.8. The highest BCUT2D eigenvalue weighted by atomic mass is 32.2. The molecule has 0 saturated carbocycles. The normalized spacial score (nSPS) is 10.9. The summed E-state index contributed by atoms with van der Waals surface area (Å²) in [5.41, 5.74) is 2.59. The first-order chi connectivity index (χ1) is 9.90. The molecular formula is C16H15NO3S. The fraction of sp³-hybridized carbons (Fsp3) is 0.188. The predicted molar refractivity (Wildman–Crippen MR) is 79.8 cm³/mol. The second kappa shape index (κ2) is 5.98. The largest absolute Gasteiger partial charge is 0.489 e. The number of nitriles is 1. The quantitative estimate of drug-likeness (QED) is 0.871. The molecule has 0 fully saturated rings. The van der Waals surface area contributed by atoms with Gasteiger partial charge in [0.05, 0.1) is 16.5 Å². The number of hydrogen-bond acceptors (Lipinski definition) is 4. The van der Waals surface area contributed by atoms with Gasteiger partial charge in [-0.15, -0.1) is 0 Å². The van der Waals surface area contributed by atoms with Gasteiger partial charge in [-0.3, -0.25) is 0 Å². The second-order valence-electron chi connectivity index (χ2n) is 4.79. The van der Waals surface area contributed by atoms with Crippen molar-refractivity contribution in [3.8, 4) is 11.8 Å². The molecule has 0 atom stereocenters. The number of hydrogen-bond donors (Lipinski definition) is 0. The summed E-state index contributed by atoms with van der Waals surface area (Å²) in [6, 6.07) is 13.8. The third-order valence-corrected chi connectivity index (χ3v) is 4.25. The lowest BCUT2D eigenvalue weighted by Gasteiger charge is -2.09. The summed E-state index contributed by atoms with van der Waals surface area (Å²) in [5, 5.41) is 8.82. The summed E-state index contributed by atoms with van der Waals surface area (Å²) in [4.78, 5) is 0.268. The maximum atomic E-state index is 11.4. The van der Waals surface area contributed by atoms with E-state index in [2.05, 4.69) is 6.07 Å². The number of benzene rings is 2. The molecular weight excluding hydrogens is 286 g/mol. The van der Waals surface area contributed by atoms with E-state index in [1.54, 1.807) is 18.2 Å². The molecule has 0 N–H and O–H groups in total. The van der Waals surface area contributed by atoms with Gasteiger partial charge in [0.2, 0.25) is 0 Å². The summed E-state index contributed by atoms with van der Waals surface area (Å²) < 4.78 is 28.4. The van der Waals surface area contributed by atoms with Crippen molar-refractivity contribution >= 4 is 9.84 Å². The predicted octanol–water partition coefficient (Wildman–Crippen LogP) is 2.85. The van der Waals surface area contributed by atoms with E-state index in [1.165, 1.54) is 18.4 Å². The summed E-state index contributed by atoms with van der Waals surface area (Å²) in [5.74, 6) is 0.603. The summed E-state index contributed by atoms with van der Waals surface area (Å²) >= 11 is 0. The average Bonchev–Trinajstić information content (AvgIpc) is 2.45. The van der Waals surface area contributed by atoms with E-state index in [9.17, 15) is 8.42 Å². The Labute approximate surface area is 124 Å². The van der Waals surface area contributed by atoms with Crippen molar-refractivity contribution in [3.63, 3.8) is 0 Å². The van der Waals surface area contributed by atoms with E-state index in [4.69, 9.17) is 10.00 Å². The molecule has 21 heavy (non-hydrogen) atoms. The highest BCUT2D eigenvalue weighted by Gasteiger charge is 2.07. The van der Waals surface area contributed by atoms with Gasteiger partial charge in [0.15, 0.2) is 9.84 Å². The van der Waals surface area contributed by atoms with Crippen LogP contribution >= 0.6 is 0 Å². The van der Waals surface area contributed by atoms with E-state index < -0.39 is 9.84 Å². The van der Waals surface area contributed by atoms with Crippen molar-refractivity contribution in [2.75, 3.05) is 6.26 Å². The van der Waals surface area contributed by atoms with E-state index in [1.807, 2.05) is 19.1 Å². The molecule has 108 valence electrons. The van der Waals surface area contributed by atoms with Crippen LogP contribution in [0, 0.1) is 18.3 Å². The Kier molecular flexibility index (Phi) is 4.29. The van der Waals surface area contributed by atoms with Gasteiger partial charge in [0.25, 0.3) is 0 Å². The minimum atomic E-state index is -3.19. The van der Waals surface area contributed by atoms with Gasteiger partial charge in [0, 0.05) is 6.26 Å². The highest BCUT2D eigenvalue weighted by Crippen LogP contribution is 2.18. The standard InChI is InChI=1S/C16H15NO3S/c1-12-9-13(10-17)3-4-14(12)11-20-15-5-7-16(8-6-15)21(2,18)19/h3-9H,11H2,1-2H3. The van der Waals surface area contributed by atoms with Crippen molar-refractivity contribution in [1.82, 2.24) is 0 Å². The SMILES string of the molecule is Cc1cc(C#N)ccc1COc1ccc(S(C)(=O)=O)cc1. The Balaban J connectivity index is 2.09. The first kappa shape index (κ1) is 15.1. The second-order valence-corrected chi connectivity index (χ2v) is 6.80. The van der Waals surface area contributed by atoms with Gasteiger partial charge < -0.3 is 4.74 Å². The summed E-state index contributed by atoms with van der Waals surface area (Å²) in [7, 11) is -3.19. The topological polar surface area (TPSA) is 67.2 Å². The van der Waals surface area contributed by atoms with Crippen molar-refractivity contribution in [1.29, 1.82) is 5.26 Å². The molecule has 0 aliphatic heterocycles. The third-order valence-electron chi connectivity index (χ3n) is 3.12. The minimum absolute atomic E-state index is 0.268. The van der Waals surface area contributed by atoms with Gasteiger partial charge in [-0.05, 0) is 54.4 Å². The minimum Gasteiger partial charge on any atom is -0.489 e. The molecule has 0 unspecified atom stereocenters. The molecule has 0 aliphatic rings. The Morgan fingerprint density at radius 3 is 2.33 bits per heavy atom. The van der Waals surface area contributed by atoms with Crippen LogP contribution in [0.4, 0.5) is 0 Å². The van der Waals surface area contributed by atoms with Gasteiger partial charge in [-0.2, -0.15) is 5.26 Å². The smallest absolute Gasteiger partial charge is 0.175 e. The van der Waals surface area contributed by atoms with Crippen LogP contribution in [0.15, 0.2) is 47.4 Å². The van der Waals surface area contributed by atoms with Crippen LogP contribution in [0.3, 0.4) is 0 Å². The van der Waals surface area contributed by atoms with Gasteiger partial charge in [-0.1, -0.05) is 6.07 Å². The average molecular weight is 301 g/mol. The van der Waals surface area contributed by atoms with E-state index in [0.29, 0.717) is 17.9 Å². The molecule has 0 saturated heterocycles. The molecule has 0 radical (unpaired) electrons. The number of sulfone groups is 1. The van der Waals surface area contributed by atoms with Gasteiger partial charge in [0.1, 0.15) is 12.4 Å². The van der Waals surface area contributed by atoms with Crippen LogP contribution in [-0.2, 0) is 16.4 Å². The molecule has 0 bridgehead atoms. The van der Waals surface area contributed by atoms with Crippen molar-refractivity contribution < 1.29 is 13.2 Å². The van der Waals surface area contributed by atoms with Crippen LogP contribution in [0.25, 0.3) is 0 Å². The highest BCUT2D eigenvalue weighted by molar-refractivity contribution is 7.90. The number of ether oxygens (including phenoxy) is 1. The molecule has 0 aliphatic carbocycles. The maximum absolute atomic E-state index is 11.4. The monoisotopic (exact) mass is 301 g/mol. The fourth-order valence-electron chi connectivity index (χ4n) is 1.87. The van der Waals surface area contributed by atoms with E-state index in [0.717, 1.165) is 11.1 Å². The molecule has 0 aromatic heterocycles. The van der Waals surface area contributed by atoms with Crippen LogP contribution in [-0.4, -0.2) is 14.7 Å². The van der Waals surface area contributed by atoms with Crippen molar-refractivity contribution in [2.45, 2.75) is 18.4 Å². The summed E-state index contributed by atoms with van der Waals surface area (Å²) in [6.07, 6.45) is 1.17. The van der Waals surface area contributed by atoms with Crippen LogP contribution in [0.2, 0.25) is 0 Å². The third kappa shape index (κ3) is 3.83. The fourth-order valence-corrected chi connectivity index (χ4v) is 2.50. The first-order valence-corrected chi connectivity index (χ1v) is 8.22. The molecule has 5 heteroatoms. The molecule has 0 spiro atoms. The Morgan fingerprint density at radius 1 is 1.14 bits per heavy atom. The van der Waals surface area contributed by atoms with Crippen LogP contribution in [0.5, 0.6) is 5.75 Å². The van der Waals surface area contributed by atoms with E-state index in [-0.39, 0.29) is 4.90 Å². The zero-order chi connectivity index (χ0) is 15.5. The maximum Gasteiger partial charge on any atom is 0.175 e. The summed E-state index contributed by atoms with van der Waals surface area (Å²) in [6.45, 7) is 2.29. The number of rotatable bonds is 4. The lowest BCUT2D eigenvalue weighted by atomic mass is 10.1. The molecule has 2 rings (SSSR count). The Bertz CT molecular complexity index is 787. The first-order valence-electron chi connectivity index (χ1n) is 6.33. The lowest BCUT2D eigenvalue weighted by Crippen LogP contribution is -2.00. The molecule has 2 aromatic carbocycles. The lowest BCUT2D eigenvalue weighted by molar-refractivity contribution is 0.305. The molecule has 0 amide bonds. The van der Waals surface area contributed by atoms with Crippen molar-refractivity contribution in [3.05, 3.63) is 59.2 Å². The Hall–Kier alpha value is -2.32.